The number of nitrogens with one attached hydrogen (secondary N) is 1. The molecule has 1 unspecified atom stereocenters. The van der Waals surface area contributed by atoms with Gasteiger partial charge in [0.05, 0.1) is 7.11 Å². The molecule has 2 nitrogen and oxygen atoms in total. The number of ether oxygens (including phenoxy) is 1. The minimum Gasteiger partial charge on any atom is -0.496 e. The standard InChI is InChI=1S/C15H22FNO/c1-11(16)13-3-4-15(18-2)14(10-13)9-12-5-7-17-8-6-12/h3-4,10-12,17H,5-9H2,1-2H3. The summed E-state index contributed by atoms with van der Waals surface area (Å²) in [5.74, 6) is 1.57. The molecule has 1 aromatic rings. The molecule has 100 valence electrons. The van der Waals surface area contributed by atoms with E-state index in [1.807, 2.05) is 18.2 Å². The third-order valence-corrected chi connectivity index (χ3v) is 3.73. The summed E-state index contributed by atoms with van der Waals surface area (Å²) in [5.41, 5.74) is 1.89. The Morgan fingerprint density at radius 2 is 2.11 bits per heavy atom. The van der Waals surface area contributed by atoms with E-state index >= 15 is 0 Å². The van der Waals surface area contributed by atoms with Gasteiger partial charge in [-0.3, -0.25) is 0 Å². The maximum absolute atomic E-state index is 13.4. The third-order valence-electron chi connectivity index (χ3n) is 3.73. The molecule has 0 aliphatic carbocycles. The number of benzene rings is 1. The minimum absolute atomic E-state index is 0.685. The lowest BCUT2D eigenvalue weighted by Crippen LogP contribution is -2.28. The van der Waals surface area contributed by atoms with Crippen molar-refractivity contribution in [1.29, 1.82) is 0 Å². The summed E-state index contributed by atoms with van der Waals surface area (Å²) in [6, 6.07) is 5.67. The molecule has 1 heterocycles. The molecule has 1 aliphatic rings. The number of alkyl halides is 1. The molecule has 1 saturated heterocycles. The zero-order valence-electron chi connectivity index (χ0n) is 11.2. The van der Waals surface area contributed by atoms with Crippen LogP contribution in [0.25, 0.3) is 0 Å². The Kier molecular flexibility index (Phi) is 4.59. The Balaban J connectivity index is 2.15. The lowest BCUT2D eigenvalue weighted by molar-refractivity contribution is 0.357. The highest BCUT2D eigenvalue weighted by Gasteiger charge is 2.16. The van der Waals surface area contributed by atoms with Crippen molar-refractivity contribution in [2.75, 3.05) is 20.2 Å². The summed E-state index contributed by atoms with van der Waals surface area (Å²) in [6.45, 7) is 3.76. The first-order valence-corrected chi connectivity index (χ1v) is 6.72. The molecule has 1 aliphatic heterocycles. The molecule has 1 aromatic carbocycles. The van der Waals surface area contributed by atoms with E-state index in [-0.39, 0.29) is 0 Å². The zero-order valence-corrected chi connectivity index (χ0v) is 11.2. The molecule has 0 aromatic heterocycles. The number of hydrogen-bond acceptors (Lipinski definition) is 2. The fraction of sp³-hybridized carbons (Fsp3) is 0.600. The van der Waals surface area contributed by atoms with Crippen LogP contribution in [0, 0.1) is 5.92 Å². The van der Waals surface area contributed by atoms with Crippen LogP contribution in [-0.4, -0.2) is 20.2 Å². The predicted molar refractivity (Wildman–Crippen MR) is 71.8 cm³/mol. The maximum atomic E-state index is 13.4. The van der Waals surface area contributed by atoms with Gasteiger partial charge in [0.15, 0.2) is 0 Å². The molecule has 0 spiro atoms. The summed E-state index contributed by atoms with van der Waals surface area (Å²) >= 11 is 0. The maximum Gasteiger partial charge on any atom is 0.122 e. The summed E-state index contributed by atoms with van der Waals surface area (Å²) < 4.78 is 18.8. The molecule has 1 fully saturated rings. The van der Waals surface area contributed by atoms with Crippen molar-refractivity contribution >= 4 is 0 Å². The van der Waals surface area contributed by atoms with E-state index in [0.717, 1.165) is 36.4 Å². The van der Waals surface area contributed by atoms with E-state index in [9.17, 15) is 4.39 Å². The normalized spacial score (nSPS) is 18.6. The highest BCUT2D eigenvalue weighted by atomic mass is 19.1. The van der Waals surface area contributed by atoms with Crippen molar-refractivity contribution in [2.24, 2.45) is 5.92 Å². The second-order valence-corrected chi connectivity index (χ2v) is 5.08. The Hall–Kier alpha value is -1.09. The van der Waals surface area contributed by atoms with E-state index in [2.05, 4.69) is 5.32 Å². The molecule has 0 bridgehead atoms. The molecule has 1 atom stereocenters. The first-order valence-electron chi connectivity index (χ1n) is 6.72. The van der Waals surface area contributed by atoms with E-state index in [1.165, 1.54) is 12.8 Å². The Labute approximate surface area is 109 Å². The number of methoxy groups -OCH3 is 1. The summed E-state index contributed by atoms with van der Waals surface area (Å²) in [4.78, 5) is 0. The van der Waals surface area contributed by atoms with Crippen LogP contribution in [0.2, 0.25) is 0 Å². The van der Waals surface area contributed by atoms with E-state index < -0.39 is 6.17 Å². The molecular formula is C15H22FNO. The first-order chi connectivity index (χ1) is 8.70. The molecule has 2 rings (SSSR count). The monoisotopic (exact) mass is 251 g/mol. The molecule has 3 heteroatoms. The van der Waals surface area contributed by atoms with E-state index in [0.29, 0.717) is 5.92 Å². The summed E-state index contributed by atoms with van der Waals surface area (Å²) in [7, 11) is 1.68. The van der Waals surface area contributed by atoms with Crippen LogP contribution in [0.5, 0.6) is 5.75 Å². The van der Waals surface area contributed by atoms with Crippen LogP contribution in [0.15, 0.2) is 18.2 Å². The van der Waals surface area contributed by atoms with Gasteiger partial charge in [-0.25, -0.2) is 4.39 Å². The van der Waals surface area contributed by atoms with Gasteiger partial charge in [-0.2, -0.15) is 0 Å². The van der Waals surface area contributed by atoms with Gasteiger partial charge in [0.1, 0.15) is 11.9 Å². The van der Waals surface area contributed by atoms with Crippen LogP contribution < -0.4 is 10.1 Å². The lowest BCUT2D eigenvalue weighted by Gasteiger charge is -2.23. The third kappa shape index (κ3) is 3.22. The van der Waals surface area contributed by atoms with E-state index in [1.54, 1.807) is 14.0 Å². The smallest absolute Gasteiger partial charge is 0.122 e. The molecule has 0 amide bonds. The largest absolute Gasteiger partial charge is 0.496 e. The van der Waals surface area contributed by atoms with Crippen molar-refractivity contribution in [3.05, 3.63) is 29.3 Å². The predicted octanol–water partition coefficient (Wildman–Crippen LogP) is 3.27. The van der Waals surface area contributed by atoms with Gasteiger partial charge in [-0.05, 0) is 68.5 Å². The number of piperidine rings is 1. The van der Waals surface area contributed by atoms with Crippen LogP contribution >= 0.6 is 0 Å². The fourth-order valence-electron chi connectivity index (χ4n) is 2.60. The van der Waals surface area contributed by atoms with Gasteiger partial charge >= 0.3 is 0 Å². The molecule has 0 radical (unpaired) electrons. The van der Waals surface area contributed by atoms with Crippen LogP contribution in [0.3, 0.4) is 0 Å². The fourth-order valence-corrected chi connectivity index (χ4v) is 2.60. The highest BCUT2D eigenvalue weighted by molar-refractivity contribution is 5.38. The highest BCUT2D eigenvalue weighted by Crippen LogP contribution is 2.29. The van der Waals surface area contributed by atoms with E-state index in [4.69, 9.17) is 4.74 Å². The number of hydrogen-bond donors (Lipinski definition) is 1. The Bertz CT molecular complexity index is 386. The van der Waals surface area contributed by atoms with Crippen LogP contribution in [0.4, 0.5) is 4.39 Å². The van der Waals surface area contributed by atoms with Gasteiger partial charge in [-0.1, -0.05) is 6.07 Å². The molecular weight excluding hydrogens is 229 g/mol. The zero-order chi connectivity index (χ0) is 13.0. The first kappa shape index (κ1) is 13.3. The summed E-state index contributed by atoms with van der Waals surface area (Å²) in [5, 5.41) is 3.37. The van der Waals surface area contributed by atoms with Crippen LogP contribution in [0.1, 0.15) is 37.1 Å². The van der Waals surface area contributed by atoms with Crippen molar-refractivity contribution in [3.8, 4) is 5.75 Å². The molecule has 1 N–H and O–H groups in total. The molecule has 0 saturated carbocycles. The SMILES string of the molecule is COc1ccc(C(C)F)cc1CC1CCNCC1. The van der Waals surface area contributed by atoms with Crippen molar-refractivity contribution in [3.63, 3.8) is 0 Å². The summed E-state index contributed by atoms with van der Waals surface area (Å²) in [6.07, 6.45) is 2.46. The van der Waals surface area contributed by atoms with Gasteiger partial charge in [0.2, 0.25) is 0 Å². The lowest BCUT2D eigenvalue weighted by atomic mass is 9.90. The van der Waals surface area contributed by atoms with Gasteiger partial charge < -0.3 is 10.1 Å². The van der Waals surface area contributed by atoms with Crippen molar-refractivity contribution < 1.29 is 9.13 Å². The van der Waals surface area contributed by atoms with Crippen molar-refractivity contribution in [1.82, 2.24) is 5.32 Å². The quantitative estimate of drug-likeness (QED) is 0.886. The van der Waals surface area contributed by atoms with Gasteiger partial charge in [-0.15, -0.1) is 0 Å². The van der Waals surface area contributed by atoms with Gasteiger partial charge in [0, 0.05) is 0 Å². The number of halogens is 1. The Morgan fingerprint density at radius 3 is 2.72 bits per heavy atom. The molecule has 18 heavy (non-hydrogen) atoms. The van der Waals surface area contributed by atoms with Crippen LogP contribution in [-0.2, 0) is 6.42 Å². The van der Waals surface area contributed by atoms with Crippen molar-refractivity contribution in [2.45, 2.75) is 32.4 Å². The second-order valence-electron chi connectivity index (χ2n) is 5.08. The van der Waals surface area contributed by atoms with Gasteiger partial charge in [0.25, 0.3) is 0 Å². The number of rotatable bonds is 4. The average molecular weight is 251 g/mol. The topological polar surface area (TPSA) is 21.3 Å². The average Bonchev–Trinajstić information content (AvgIpc) is 2.39. The Morgan fingerprint density at radius 1 is 1.39 bits per heavy atom. The minimum atomic E-state index is -0.914. The second kappa shape index (κ2) is 6.19.